The van der Waals surface area contributed by atoms with Crippen LogP contribution in [-0.2, 0) is 59.8 Å². The third-order valence-corrected chi connectivity index (χ3v) is 1.17. The molecule has 0 aromatic heterocycles. The predicted molar refractivity (Wildman–Crippen MR) is 140 cm³/mol. The summed E-state index contributed by atoms with van der Waals surface area (Å²) in [7, 11) is 0. The maximum atomic E-state index is 9.13. The Kier molecular flexibility index (Phi) is 179. The van der Waals surface area contributed by atoms with Gasteiger partial charge in [0.1, 0.15) is 0 Å². The largest absolute Gasteiger partial charge is 4.00 e. The van der Waals surface area contributed by atoms with Gasteiger partial charge in [-0.15, -0.1) is 62.0 Å². The summed E-state index contributed by atoms with van der Waals surface area (Å²) in [5.41, 5.74) is 31.6. The second-order valence-corrected chi connectivity index (χ2v) is 4.03. The van der Waals surface area contributed by atoms with Crippen LogP contribution in [0.5, 0.6) is 0 Å². The first-order chi connectivity index (χ1) is 15.9. The van der Waals surface area contributed by atoms with Gasteiger partial charge in [-0.3, -0.25) is 0 Å². The summed E-state index contributed by atoms with van der Waals surface area (Å²) < 4.78 is 0. The fraction of sp³-hybridized carbons (Fsp3) is 0.500. The molecule has 21 nitrogen and oxygen atoms in total. The van der Waals surface area contributed by atoms with Crippen LogP contribution in [0.3, 0.4) is 0 Å². The number of carbonyl (C=O) groups excluding carboxylic acids is 7. The molecule has 0 aromatic rings. The van der Waals surface area contributed by atoms with Gasteiger partial charge in [0, 0.05) is 45.8 Å². The standard InChI is InChI=1S/7C2H5NO2.Al.5ClH.Zr/c7*3-1-2(4)5;;;;;;;/h7*1,3H2,(H,4,5);;5*1H;/q;;;;;;;+3;;;;;;+4/p-7. The Balaban J connectivity index is -0.0000000177. The van der Waals surface area contributed by atoms with Crippen molar-refractivity contribution in [2.45, 2.75) is 0 Å². The van der Waals surface area contributed by atoms with Crippen LogP contribution in [-0.4, -0.2) is 105 Å². The molecular formula is C14H33AlCl5N7O14Zr. The van der Waals surface area contributed by atoms with Gasteiger partial charge in [-0.25, -0.2) is 0 Å². The Labute approximate surface area is 300 Å². The maximum Gasteiger partial charge on any atom is 4.00 e. The normalized spacial score (nSPS) is 6.17. The van der Waals surface area contributed by atoms with Crippen LogP contribution in [0.15, 0.2) is 0 Å². The van der Waals surface area contributed by atoms with Crippen LogP contribution in [0, 0.1) is 0 Å². The number of rotatable bonds is 7. The molecule has 0 aliphatic carbocycles. The zero-order chi connectivity index (χ0) is 30.0. The molecule has 0 unspecified atom stereocenters. The van der Waals surface area contributed by atoms with Crippen LogP contribution in [0.1, 0.15) is 0 Å². The van der Waals surface area contributed by atoms with Gasteiger partial charge < -0.3 is 109 Å². The number of hydrogen-bond acceptors (Lipinski definition) is 21. The minimum absolute atomic E-state index is 0. The van der Waals surface area contributed by atoms with E-state index in [-0.39, 0.29) is 151 Å². The van der Waals surface area contributed by atoms with E-state index in [4.69, 9.17) is 69.3 Å². The van der Waals surface area contributed by atoms with Crippen molar-refractivity contribution < 1.29 is 95.5 Å². The monoisotopic (exact) mass is 815 g/mol. The minimum atomic E-state index is -1.22. The van der Waals surface area contributed by atoms with E-state index in [0.29, 0.717) is 0 Å². The zero-order valence-corrected chi connectivity index (χ0v) is 29.0. The van der Waals surface area contributed by atoms with Gasteiger partial charge in [-0.1, -0.05) is 0 Å². The van der Waals surface area contributed by atoms with E-state index in [1.165, 1.54) is 0 Å². The van der Waals surface area contributed by atoms with Crippen molar-refractivity contribution in [3.63, 3.8) is 0 Å². The van der Waals surface area contributed by atoms with Crippen molar-refractivity contribution in [3.05, 3.63) is 0 Å². The summed E-state index contributed by atoms with van der Waals surface area (Å²) in [6, 6.07) is 0. The van der Waals surface area contributed by atoms with Gasteiger partial charge in [-0.2, -0.15) is 0 Å². The molecule has 0 bridgehead atoms. The van der Waals surface area contributed by atoms with Crippen molar-refractivity contribution >= 4 is 121 Å². The molecule has 0 atom stereocenters. The molecule has 0 rings (SSSR count). The topological polar surface area (TPSA) is 463 Å². The Bertz CT molecular complexity index is 473. The number of aliphatic carboxylic acids is 7. The van der Waals surface area contributed by atoms with Crippen molar-refractivity contribution in [2.24, 2.45) is 40.1 Å². The first kappa shape index (κ1) is 90.0. The van der Waals surface area contributed by atoms with E-state index in [1.807, 2.05) is 0 Å². The molecule has 0 spiro atoms. The molecule has 0 aliphatic heterocycles. The number of halogens is 5. The number of carboxylic acid groups (broad SMARTS) is 7. The van der Waals surface area contributed by atoms with Gasteiger partial charge in [0.15, 0.2) is 0 Å². The van der Waals surface area contributed by atoms with Gasteiger partial charge in [0.05, 0.1) is 41.8 Å². The van der Waals surface area contributed by atoms with E-state index >= 15 is 0 Å². The molecule has 0 fully saturated rings. The summed E-state index contributed by atoms with van der Waals surface area (Å²) in [5, 5.41) is 63.9. The third-order valence-electron chi connectivity index (χ3n) is 1.17. The van der Waals surface area contributed by atoms with Crippen LogP contribution >= 0.6 is 62.0 Å². The fourth-order valence-electron chi connectivity index (χ4n) is 0. The van der Waals surface area contributed by atoms with Crippen LogP contribution in [0.2, 0.25) is 0 Å². The summed E-state index contributed by atoms with van der Waals surface area (Å²) in [4.78, 5) is 63.9. The fourth-order valence-corrected chi connectivity index (χ4v) is 0. The molecule has 0 aliphatic rings. The Morgan fingerprint density at radius 1 is 0.310 bits per heavy atom. The van der Waals surface area contributed by atoms with E-state index in [2.05, 4.69) is 40.1 Å². The molecule has 28 heteroatoms. The van der Waals surface area contributed by atoms with Crippen molar-refractivity contribution in [1.82, 2.24) is 0 Å². The summed E-state index contributed by atoms with van der Waals surface area (Å²) in [6.07, 6.45) is 0. The molecule has 0 amide bonds. The Morgan fingerprint density at radius 2 is 0.333 bits per heavy atom. The van der Waals surface area contributed by atoms with E-state index < -0.39 is 41.8 Å². The number of hydrogen-bond donors (Lipinski definition) is 7. The van der Waals surface area contributed by atoms with Gasteiger partial charge >= 0.3 is 43.6 Å². The first-order valence-electron chi connectivity index (χ1n) is 8.19. The van der Waals surface area contributed by atoms with Crippen molar-refractivity contribution in [1.29, 1.82) is 0 Å². The zero-order valence-electron chi connectivity index (χ0n) is 21.3. The molecular weight excluding hydrogens is 786 g/mol. The average molecular weight is 819 g/mol. The quantitative estimate of drug-likeness (QED) is 0.117. The van der Waals surface area contributed by atoms with Crippen molar-refractivity contribution in [2.75, 3.05) is 45.8 Å². The maximum absolute atomic E-state index is 9.13. The Hall–Kier alpha value is -1.12. The first-order valence-corrected chi connectivity index (χ1v) is 8.19. The smallest absolute Gasteiger partial charge is 0.549 e. The number of nitrogens with two attached hydrogens (primary N) is 7. The molecule has 0 radical (unpaired) electrons. The molecule has 14 N–H and O–H groups in total. The third kappa shape index (κ3) is 336. The number of carboxylic acids is 7. The molecule has 0 saturated heterocycles. The molecule has 0 aromatic carbocycles. The van der Waals surface area contributed by atoms with Crippen molar-refractivity contribution in [3.8, 4) is 0 Å². The van der Waals surface area contributed by atoms with E-state index in [9.17, 15) is 0 Å². The Morgan fingerprint density at radius 3 is 0.333 bits per heavy atom. The van der Waals surface area contributed by atoms with Gasteiger partial charge in [0.2, 0.25) is 0 Å². The van der Waals surface area contributed by atoms with E-state index in [0.717, 1.165) is 0 Å². The van der Waals surface area contributed by atoms with Gasteiger partial charge in [-0.05, 0) is 0 Å². The van der Waals surface area contributed by atoms with Crippen LogP contribution in [0.25, 0.3) is 0 Å². The summed E-state index contributed by atoms with van der Waals surface area (Å²) >= 11 is 0. The SMILES string of the molecule is Cl.Cl.Cl.Cl.Cl.NCC(=O)[O-].NCC(=O)[O-].NCC(=O)[O-].NCC(=O)[O-].NCC(=O)[O-].NCC(=O)[O-].NCC(=O)[O-].[Al+3].[Zr+4]. The minimum Gasteiger partial charge on any atom is -0.549 e. The molecule has 42 heavy (non-hydrogen) atoms. The predicted octanol–water partition coefficient (Wildman–Crippen LogP) is -14.4. The summed E-state index contributed by atoms with van der Waals surface area (Å²) in [6.45, 7) is -2.72. The average Bonchev–Trinajstić information content (AvgIpc) is 2.80. The molecule has 250 valence electrons. The second-order valence-electron chi connectivity index (χ2n) is 4.03. The molecule has 0 saturated carbocycles. The molecule has 0 heterocycles. The second kappa shape index (κ2) is 83.4. The number of carbonyl (C=O) groups is 7. The van der Waals surface area contributed by atoms with Crippen LogP contribution < -0.4 is 75.9 Å². The van der Waals surface area contributed by atoms with E-state index in [1.54, 1.807) is 0 Å². The van der Waals surface area contributed by atoms with Gasteiger partial charge in [0.25, 0.3) is 0 Å². The van der Waals surface area contributed by atoms with Crippen LogP contribution in [0.4, 0.5) is 0 Å². The summed E-state index contributed by atoms with van der Waals surface area (Å²) in [5.74, 6) is -8.52.